The van der Waals surface area contributed by atoms with E-state index in [-0.39, 0.29) is 5.91 Å². The molecule has 0 aliphatic carbocycles. The zero-order valence-corrected chi connectivity index (χ0v) is 14.4. The molecule has 3 rings (SSSR count). The number of amides is 1. The van der Waals surface area contributed by atoms with Crippen LogP contribution in [-0.4, -0.2) is 39.5 Å². The van der Waals surface area contributed by atoms with Crippen LogP contribution in [-0.2, 0) is 4.79 Å². The Morgan fingerprint density at radius 3 is 2.32 bits per heavy atom. The van der Waals surface area contributed by atoms with Gasteiger partial charge in [-0.2, -0.15) is 10.4 Å². The highest BCUT2D eigenvalue weighted by Crippen LogP contribution is 2.18. The number of hydrogen-bond acceptors (Lipinski definition) is 4. The molecule has 0 N–H and O–H groups in total. The van der Waals surface area contributed by atoms with Gasteiger partial charge < -0.3 is 4.90 Å². The van der Waals surface area contributed by atoms with Crippen molar-refractivity contribution in [1.29, 1.82) is 5.26 Å². The third-order valence-electron chi connectivity index (χ3n) is 4.46. The third kappa shape index (κ3) is 3.31. The second kappa shape index (κ2) is 6.89. The number of nitrogens with zero attached hydrogens (tertiary/aromatic N) is 4. The maximum absolute atomic E-state index is 12.6. The average molecular weight is 336 g/mol. The molecule has 0 radical (unpaired) electrons. The van der Waals surface area contributed by atoms with Gasteiger partial charge in [-0.25, -0.2) is 4.68 Å². The lowest BCUT2D eigenvalue weighted by molar-refractivity contribution is -0.131. The number of ketones is 1. The number of carbonyl (C=O) groups is 2. The Labute approximate surface area is 146 Å². The molecule has 128 valence electrons. The summed E-state index contributed by atoms with van der Waals surface area (Å²) >= 11 is 0. The van der Waals surface area contributed by atoms with Crippen LogP contribution in [0.1, 0.15) is 34.6 Å². The fraction of sp³-hybridized carbons (Fsp3) is 0.368. The standard InChI is InChI=1S/C19H20N4O2/c1-13-11-14(2)23(21-13)16-7-5-15(6-8-16)18(24)17(12-20)19(25)22-9-3-4-10-22/h5-8,11,17H,3-4,9-10H2,1-2H3/t17-/m0/s1. The van der Waals surface area contributed by atoms with Gasteiger partial charge in [-0.15, -0.1) is 0 Å². The van der Waals surface area contributed by atoms with Gasteiger partial charge in [-0.05, 0) is 57.0 Å². The molecule has 0 bridgehead atoms. The molecule has 6 heteroatoms. The van der Waals surface area contributed by atoms with Crippen molar-refractivity contribution in [3.63, 3.8) is 0 Å². The minimum absolute atomic E-state index is 0.365. The minimum atomic E-state index is -1.27. The Bertz CT molecular complexity index is 839. The Hall–Kier alpha value is -2.94. The summed E-state index contributed by atoms with van der Waals surface area (Å²) in [5, 5.41) is 13.7. The van der Waals surface area contributed by atoms with Crippen molar-refractivity contribution < 1.29 is 9.59 Å². The van der Waals surface area contributed by atoms with E-state index in [0.29, 0.717) is 18.7 Å². The van der Waals surface area contributed by atoms with Crippen molar-refractivity contribution in [2.24, 2.45) is 5.92 Å². The molecule has 0 unspecified atom stereocenters. The molecule has 1 amide bonds. The fourth-order valence-corrected chi connectivity index (χ4v) is 3.17. The van der Waals surface area contributed by atoms with Crippen LogP contribution in [0.15, 0.2) is 30.3 Å². The van der Waals surface area contributed by atoms with Gasteiger partial charge in [0.25, 0.3) is 0 Å². The molecule has 6 nitrogen and oxygen atoms in total. The monoisotopic (exact) mass is 336 g/mol. The summed E-state index contributed by atoms with van der Waals surface area (Å²) < 4.78 is 1.79. The average Bonchev–Trinajstić information content (AvgIpc) is 3.25. The lowest BCUT2D eigenvalue weighted by Crippen LogP contribution is -2.37. The summed E-state index contributed by atoms with van der Waals surface area (Å²) in [6.45, 7) is 5.13. The summed E-state index contributed by atoms with van der Waals surface area (Å²) in [5.74, 6) is -2.09. The maximum atomic E-state index is 12.6. The molecule has 1 atom stereocenters. The number of aromatic nitrogens is 2. The van der Waals surface area contributed by atoms with Gasteiger partial charge >= 0.3 is 0 Å². The largest absolute Gasteiger partial charge is 0.341 e. The van der Waals surface area contributed by atoms with Crippen molar-refractivity contribution in [3.05, 3.63) is 47.3 Å². The maximum Gasteiger partial charge on any atom is 0.247 e. The van der Waals surface area contributed by atoms with E-state index >= 15 is 0 Å². The highest BCUT2D eigenvalue weighted by Gasteiger charge is 2.32. The number of Topliss-reactive ketones (excluding diaryl/α,β-unsaturated/α-hetero) is 1. The Morgan fingerprint density at radius 2 is 1.80 bits per heavy atom. The van der Waals surface area contributed by atoms with E-state index in [0.717, 1.165) is 29.9 Å². The molecule has 25 heavy (non-hydrogen) atoms. The quantitative estimate of drug-likeness (QED) is 0.634. The first-order chi connectivity index (χ1) is 12.0. The molecule has 1 saturated heterocycles. The molecule has 1 fully saturated rings. The molecular weight excluding hydrogens is 316 g/mol. The number of carbonyl (C=O) groups excluding carboxylic acids is 2. The SMILES string of the molecule is Cc1cc(C)n(-c2ccc(C(=O)[C@H](C#N)C(=O)N3CCCC3)cc2)n1. The van der Waals surface area contributed by atoms with Crippen molar-refractivity contribution in [1.82, 2.24) is 14.7 Å². The predicted molar refractivity (Wildman–Crippen MR) is 92.3 cm³/mol. The van der Waals surface area contributed by atoms with Gasteiger partial charge in [0.15, 0.2) is 11.7 Å². The van der Waals surface area contributed by atoms with Gasteiger partial charge in [0.05, 0.1) is 17.5 Å². The topological polar surface area (TPSA) is 79.0 Å². The minimum Gasteiger partial charge on any atom is -0.341 e. The summed E-state index contributed by atoms with van der Waals surface area (Å²) in [6.07, 6.45) is 1.85. The first kappa shape index (κ1) is 16.9. The van der Waals surface area contributed by atoms with E-state index in [1.807, 2.05) is 26.0 Å². The molecule has 1 aromatic heterocycles. The van der Waals surface area contributed by atoms with Crippen LogP contribution < -0.4 is 0 Å². The molecule has 2 aromatic rings. The van der Waals surface area contributed by atoms with E-state index in [4.69, 9.17) is 0 Å². The van der Waals surface area contributed by atoms with Gasteiger partial charge in [0, 0.05) is 24.3 Å². The number of hydrogen-bond donors (Lipinski definition) is 0. The van der Waals surface area contributed by atoms with Crippen molar-refractivity contribution >= 4 is 11.7 Å². The van der Waals surface area contributed by atoms with Crippen LogP contribution in [0, 0.1) is 31.1 Å². The first-order valence-electron chi connectivity index (χ1n) is 8.37. The Kier molecular flexibility index (Phi) is 4.66. The smallest absolute Gasteiger partial charge is 0.247 e. The zero-order chi connectivity index (χ0) is 18.0. The molecule has 1 aromatic carbocycles. The second-order valence-corrected chi connectivity index (χ2v) is 6.34. The van der Waals surface area contributed by atoms with Gasteiger partial charge in [0.2, 0.25) is 5.91 Å². The summed E-state index contributed by atoms with van der Waals surface area (Å²) in [7, 11) is 0. The molecule has 1 aliphatic heterocycles. The van der Waals surface area contributed by atoms with Gasteiger partial charge in [-0.3, -0.25) is 9.59 Å². The number of likely N-dealkylation sites (tertiary alicyclic amines) is 1. The molecular formula is C19H20N4O2. The number of rotatable bonds is 4. The summed E-state index contributed by atoms with van der Waals surface area (Å²) in [5.41, 5.74) is 3.11. The summed E-state index contributed by atoms with van der Waals surface area (Å²) in [6, 6.07) is 10.7. The van der Waals surface area contributed by atoms with Crippen molar-refractivity contribution in [2.45, 2.75) is 26.7 Å². The van der Waals surface area contributed by atoms with Crippen LogP contribution in [0.4, 0.5) is 0 Å². The highest BCUT2D eigenvalue weighted by atomic mass is 16.2. The highest BCUT2D eigenvalue weighted by molar-refractivity contribution is 6.12. The fourth-order valence-electron chi connectivity index (χ4n) is 3.17. The number of nitriles is 1. The predicted octanol–water partition coefficient (Wildman–Crippen LogP) is 2.43. The van der Waals surface area contributed by atoms with Crippen LogP contribution in [0.2, 0.25) is 0 Å². The van der Waals surface area contributed by atoms with Crippen molar-refractivity contribution in [3.8, 4) is 11.8 Å². The van der Waals surface area contributed by atoms with Crippen LogP contribution in [0.25, 0.3) is 5.69 Å². The van der Waals surface area contributed by atoms with E-state index in [9.17, 15) is 14.9 Å². The van der Waals surface area contributed by atoms with E-state index in [2.05, 4.69) is 5.10 Å². The van der Waals surface area contributed by atoms with Crippen LogP contribution in [0.5, 0.6) is 0 Å². The third-order valence-corrected chi connectivity index (χ3v) is 4.46. The van der Waals surface area contributed by atoms with Crippen LogP contribution in [0.3, 0.4) is 0 Å². The Morgan fingerprint density at radius 1 is 1.16 bits per heavy atom. The van der Waals surface area contributed by atoms with Crippen molar-refractivity contribution in [2.75, 3.05) is 13.1 Å². The molecule has 0 spiro atoms. The number of benzene rings is 1. The second-order valence-electron chi connectivity index (χ2n) is 6.34. The molecule has 1 aliphatic rings. The van der Waals surface area contributed by atoms with Gasteiger partial charge in [0.1, 0.15) is 0 Å². The lowest BCUT2D eigenvalue weighted by Gasteiger charge is -2.18. The normalized spacial score (nSPS) is 15.0. The molecule has 0 saturated carbocycles. The van der Waals surface area contributed by atoms with E-state index in [1.165, 1.54) is 0 Å². The van der Waals surface area contributed by atoms with Crippen LogP contribution >= 0.6 is 0 Å². The molecule has 2 heterocycles. The van der Waals surface area contributed by atoms with E-state index in [1.54, 1.807) is 33.8 Å². The van der Waals surface area contributed by atoms with Gasteiger partial charge in [-0.1, -0.05) is 0 Å². The summed E-state index contributed by atoms with van der Waals surface area (Å²) in [4.78, 5) is 26.6. The van der Waals surface area contributed by atoms with E-state index < -0.39 is 11.7 Å². The number of aryl methyl sites for hydroxylation is 2. The Balaban J connectivity index is 1.81. The lowest BCUT2D eigenvalue weighted by atomic mass is 9.97. The zero-order valence-electron chi connectivity index (χ0n) is 14.4. The first-order valence-corrected chi connectivity index (χ1v) is 8.37.